The van der Waals surface area contributed by atoms with Crippen molar-refractivity contribution in [1.82, 2.24) is 19.6 Å². The molecule has 0 saturated carbocycles. The minimum Gasteiger partial charge on any atom is -0.367 e. The van der Waals surface area contributed by atoms with Crippen molar-refractivity contribution in [2.75, 3.05) is 72.6 Å². The van der Waals surface area contributed by atoms with E-state index in [2.05, 4.69) is 21.7 Å². The van der Waals surface area contributed by atoms with E-state index < -0.39 is 6.29 Å². The van der Waals surface area contributed by atoms with Crippen molar-refractivity contribution in [2.24, 2.45) is 0 Å². The van der Waals surface area contributed by atoms with Gasteiger partial charge >= 0.3 is 0 Å². The Morgan fingerprint density at radius 3 is 2.22 bits per heavy atom. The predicted molar refractivity (Wildman–Crippen MR) is 89.2 cm³/mol. The van der Waals surface area contributed by atoms with E-state index in [4.69, 9.17) is 4.74 Å². The standard InChI is InChI=1S/C16H32N4O3/c1-4-23-16(22)15(13-18-7-5-17(3)6-8-18)20-11-9-19(10-12-20)14(2)21/h15-16,22H,4-13H2,1-3H3. The minimum atomic E-state index is -0.775. The van der Waals surface area contributed by atoms with Crippen LogP contribution in [0, 0.1) is 0 Å². The molecule has 2 saturated heterocycles. The third-order valence-corrected chi connectivity index (χ3v) is 4.94. The lowest BCUT2D eigenvalue weighted by Gasteiger charge is -2.43. The molecule has 2 aliphatic heterocycles. The quantitative estimate of drug-likeness (QED) is 0.639. The van der Waals surface area contributed by atoms with Gasteiger partial charge in [0.05, 0.1) is 6.04 Å². The summed E-state index contributed by atoms with van der Waals surface area (Å²) in [5.41, 5.74) is 0. The minimum absolute atomic E-state index is 0.0348. The molecule has 0 aromatic rings. The van der Waals surface area contributed by atoms with Crippen LogP contribution in [-0.4, -0.2) is 116 Å². The maximum absolute atomic E-state index is 11.5. The molecule has 2 fully saturated rings. The van der Waals surface area contributed by atoms with E-state index >= 15 is 0 Å². The van der Waals surface area contributed by atoms with E-state index in [9.17, 15) is 9.90 Å². The van der Waals surface area contributed by atoms with E-state index in [1.165, 1.54) is 0 Å². The zero-order chi connectivity index (χ0) is 16.8. The molecule has 0 spiro atoms. The first kappa shape index (κ1) is 18.6. The zero-order valence-electron chi connectivity index (χ0n) is 14.8. The number of hydrogen-bond donors (Lipinski definition) is 1. The third-order valence-electron chi connectivity index (χ3n) is 4.94. The van der Waals surface area contributed by atoms with Gasteiger partial charge in [0, 0.05) is 72.4 Å². The fraction of sp³-hybridized carbons (Fsp3) is 0.938. The number of carbonyl (C=O) groups is 1. The second-order valence-electron chi connectivity index (χ2n) is 6.56. The van der Waals surface area contributed by atoms with Gasteiger partial charge in [-0.3, -0.25) is 14.6 Å². The Hall–Kier alpha value is -0.730. The SMILES string of the molecule is CCOC(O)C(CN1CCN(C)CC1)N1CCN(C(C)=O)CC1. The van der Waals surface area contributed by atoms with Gasteiger partial charge in [0.2, 0.25) is 5.91 Å². The van der Waals surface area contributed by atoms with Crippen molar-refractivity contribution < 1.29 is 14.6 Å². The highest BCUT2D eigenvalue weighted by Gasteiger charge is 2.32. The van der Waals surface area contributed by atoms with Crippen LogP contribution in [0.5, 0.6) is 0 Å². The molecule has 1 amide bonds. The van der Waals surface area contributed by atoms with Crippen molar-refractivity contribution in [3.63, 3.8) is 0 Å². The number of likely N-dealkylation sites (N-methyl/N-ethyl adjacent to an activating group) is 1. The van der Waals surface area contributed by atoms with E-state index in [1.807, 2.05) is 11.8 Å². The van der Waals surface area contributed by atoms with Gasteiger partial charge in [-0.25, -0.2) is 0 Å². The van der Waals surface area contributed by atoms with Gasteiger partial charge in [-0.1, -0.05) is 0 Å². The molecule has 0 aliphatic carbocycles. The molecule has 2 heterocycles. The first-order valence-electron chi connectivity index (χ1n) is 8.71. The maximum Gasteiger partial charge on any atom is 0.219 e. The number of rotatable bonds is 6. The molecule has 1 N–H and O–H groups in total. The van der Waals surface area contributed by atoms with Crippen molar-refractivity contribution >= 4 is 5.91 Å². The summed E-state index contributed by atoms with van der Waals surface area (Å²) in [6.45, 7) is 12.1. The summed E-state index contributed by atoms with van der Waals surface area (Å²) in [6, 6.07) is -0.0348. The van der Waals surface area contributed by atoms with Crippen LogP contribution in [-0.2, 0) is 9.53 Å². The van der Waals surface area contributed by atoms with Gasteiger partial charge in [0.25, 0.3) is 0 Å². The summed E-state index contributed by atoms with van der Waals surface area (Å²) in [6.07, 6.45) is -0.775. The molecule has 7 heteroatoms. The number of aliphatic hydroxyl groups is 1. The van der Waals surface area contributed by atoms with Gasteiger partial charge in [-0.05, 0) is 14.0 Å². The van der Waals surface area contributed by atoms with Crippen LogP contribution in [0.4, 0.5) is 0 Å². The van der Waals surface area contributed by atoms with Crippen LogP contribution in [0.15, 0.2) is 0 Å². The monoisotopic (exact) mass is 328 g/mol. The summed E-state index contributed by atoms with van der Waals surface area (Å²) in [5, 5.41) is 10.4. The summed E-state index contributed by atoms with van der Waals surface area (Å²) in [7, 11) is 2.14. The second kappa shape index (κ2) is 8.94. The predicted octanol–water partition coefficient (Wildman–Crippen LogP) is -0.879. The first-order chi connectivity index (χ1) is 11.0. The van der Waals surface area contributed by atoms with Gasteiger partial charge in [-0.2, -0.15) is 0 Å². The van der Waals surface area contributed by atoms with E-state index in [1.54, 1.807) is 6.92 Å². The van der Waals surface area contributed by atoms with Crippen LogP contribution >= 0.6 is 0 Å². The fourth-order valence-electron chi connectivity index (χ4n) is 3.33. The summed E-state index contributed by atoms with van der Waals surface area (Å²) >= 11 is 0. The normalized spacial score (nSPS) is 24.6. The Morgan fingerprint density at radius 1 is 1.09 bits per heavy atom. The number of piperazine rings is 2. The van der Waals surface area contributed by atoms with Gasteiger partial charge in [-0.15, -0.1) is 0 Å². The van der Waals surface area contributed by atoms with Crippen LogP contribution in [0.25, 0.3) is 0 Å². The molecular formula is C16H32N4O3. The maximum atomic E-state index is 11.5. The van der Waals surface area contributed by atoms with Crippen molar-refractivity contribution in [3.8, 4) is 0 Å². The second-order valence-corrected chi connectivity index (χ2v) is 6.56. The molecule has 2 unspecified atom stereocenters. The first-order valence-corrected chi connectivity index (χ1v) is 8.71. The molecule has 0 aromatic carbocycles. The lowest BCUT2D eigenvalue weighted by atomic mass is 10.1. The molecule has 2 aliphatic rings. The zero-order valence-corrected chi connectivity index (χ0v) is 14.8. The molecular weight excluding hydrogens is 296 g/mol. The highest BCUT2D eigenvalue weighted by Crippen LogP contribution is 2.14. The molecule has 2 atom stereocenters. The number of ether oxygens (including phenoxy) is 1. The Morgan fingerprint density at radius 2 is 1.70 bits per heavy atom. The molecule has 134 valence electrons. The average Bonchev–Trinajstić information content (AvgIpc) is 2.54. The van der Waals surface area contributed by atoms with Crippen molar-refractivity contribution in [2.45, 2.75) is 26.2 Å². The van der Waals surface area contributed by atoms with E-state index in [0.717, 1.165) is 58.9 Å². The molecule has 2 rings (SSSR count). The Balaban J connectivity index is 1.93. The molecule has 0 aromatic heterocycles. The topological polar surface area (TPSA) is 59.5 Å². The average molecular weight is 328 g/mol. The Bertz CT molecular complexity index is 366. The van der Waals surface area contributed by atoms with Crippen LogP contribution in [0.1, 0.15) is 13.8 Å². The van der Waals surface area contributed by atoms with Crippen molar-refractivity contribution in [1.29, 1.82) is 0 Å². The van der Waals surface area contributed by atoms with Crippen LogP contribution in [0.2, 0.25) is 0 Å². The molecule has 23 heavy (non-hydrogen) atoms. The third kappa shape index (κ3) is 5.39. The van der Waals surface area contributed by atoms with Gasteiger partial charge in [0.15, 0.2) is 6.29 Å². The molecule has 0 bridgehead atoms. The van der Waals surface area contributed by atoms with Crippen molar-refractivity contribution in [3.05, 3.63) is 0 Å². The van der Waals surface area contributed by atoms with Gasteiger partial charge in [0.1, 0.15) is 0 Å². The van der Waals surface area contributed by atoms with E-state index in [-0.39, 0.29) is 11.9 Å². The Labute approximate surface area is 139 Å². The van der Waals surface area contributed by atoms with Gasteiger partial charge < -0.3 is 19.6 Å². The number of carbonyl (C=O) groups excluding carboxylic acids is 1. The number of nitrogens with zero attached hydrogens (tertiary/aromatic N) is 4. The number of aliphatic hydroxyl groups excluding tert-OH is 1. The van der Waals surface area contributed by atoms with Crippen LogP contribution in [0.3, 0.4) is 0 Å². The fourth-order valence-corrected chi connectivity index (χ4v) is 3.33. The summed E-state index contributed by atoms with van der Waals surface area (Å²) < 4.78 is 5.49. The van der Waals surface area contributed by atoms with Crippen LogP contribution < -0.4 is 0 Å². The lowest BCUT2D eigenvalue weighted by molar-refractivity contribution is -0.153. The summed E-state index contributed by atoms with van der Waals surface area (Å²) in [5.74, 6) is 0.130. The smallest absolute Gasteiger partial charge is 0.219 e. The molecule has 7 nitrogen and oxygen atoms in total. The number of amides is 1. The largest absolute Gasteiger partial charge is 0.367 e. The number of hydrogen-bond acceptors (Lipinski definition) is 6. The molecule has 0 radical (unpaired) electrons. The lowest BCUT2D eigenvalue weighted by Crippen LogP contribution is -2.59. The van der Waals surface area contributed by atoms with E-state index in [0.29, 0.717) is 6.61 Å². The highest BCUT2D eigenvalue weighted by molar-refractivity contribution is 5.73. The Kier molecular flexibility index (Phi) is 7.23. The highest BCUT2D eigenvalue weighted by atomic mass is 16.6. The summed E-state index contributed by atoms with van der Waals surface area (Å²) in [4.78, 5) is 20.4.